The van der Waals surface area contributed by atoms with E-state index in [9.17, 15) is 9.59 Å². The van der Waals surface area contributed by atoms with Crippen LogP contribution in [-0.2, 0) is 6.54 Å². The lowest BCUT2D eigenvalue weighted by atomic mass is 10.1. The molecule has 0 bridgehead atoms. The van der Waals surface area contributed by atoms with Gasteiger partial charge in [-0.15, -0.1) is 0 Å². The van der Waals surface area contributed by atoms with Crippen LogP contribution in [-0.4, -0.2) is 52.8 Å². The van der Waals surface area contributed by atoms with Crippen LogP contribution in [0.25, 0.3) is 10.9 Å². The molecule has 1 N–H and O–H groups in total. The average Bonchev–Trinajstić information content (AvgIpc) is 3.40. The molecule has 0 spiro atoms. The van der Waals surface area contributed by atoms with Crippen LogP contribution in [0.15, 0.2) is 83.6 Å². The number of piperazine rings is 1. The molecule has 3 heterocycles. The van der Waals surface area contributed by atoms with Gasteiger partial charge in [0.1, 0.15) is 0 Å². The standard InChI is InChI=1S/C26H24N4O3/c31-25(23-7-3-17-33-23)28-22-10-8-20(9-11-22)26(32)30-15-13-29(14-16-30)18-21-5-1-4-19-6-2-12-27-24(19)21/h1-12,17H,13-16,18H2,(H,28,31). The van der Waals surface area contributed by atoms with Gasteiger partial charge in [0, 0.05) is 55.6 Å². The highest BCUT2D eigenvalue weighted by Crippen LogP contribution is 2.19. The summed E-state index contributed by atoms with van der Waals surface area (Å²) < 4.78 is 5.10. The number of carbonyl (C=O) groups is 2. The Kier molecular flexibility index (Phi) is 5.87. The minimum Gasteiger partial charge on any atom is -0.459 e. The van der Waals surface area contributed by atoms with Crippen molar-refractivity contribution in [2.75, 3.05) is 31.5 Å². The van der Waals surface area contributed by atoms with Gasteiger partial charge in [0.15, 0.2) is 5.76 Å². The monoisotopic (exact) mass is 440 g/mol. The third-order valence-corrected chi connectivity index (χ3v) is 5.90. The van der Waals surface area contributed by atoms with Crippen molar-refractivity contribution in [3.8, 4) is 0 Å². The molecule has 1 fully saturated rings. The van der Waals surface area contributed by atoms with E-state index in [0.717, 1.165) is 30.5 Å². The Morgan fingerprint density at radius 3 is 2.45 bits per heavy atom. The minimum atomic E-state index is -0.323. The third kappa shape index (κ3) is 4.63. The Balaban J connectivity index is 1.17. The molecule has 0 atom stereocenters. The first-order valence-corrected chi connectivity index (χ1v) is 11.0. The molecular weight excluding hydrogens is 416 g/mol. The van der Waals surface area contributed by atoms with E-state index in [1.807, 2.05) is 17.2 Å². The largest absolute Gasteiger partial charge is 0.459 e. The summed E-state index contributed by atoms with van der Waals surface area (Å²) in [5.41, 5.74) is 3.47. The summed E-state index contributed by atoms with van der Waals surface area (Å²) in [5, 5.41) is 3.91. The number of aromatic nitrogens is 1. The maximum absolute atomic E-state index is 13.0. The fourth-order valence-electron chi connectivity index (χ4n) is 4.12. The van der Waals surface area contributed by atoms with Gasteiger partial charge in [0.25, 0.3) is 11.8 Å². The van der Waals surface area contributed by atoms with Crippen LogP contribution in [0, 0.1) is 0 Å². The van der Waals surface area contributed by atoms with Gasteiger partial charge in [-0.05, 0) is 48.0 Å². The Labute approximate surface area is 191 Å². The molecule has 7 heteroatoms. The lowest BCUT2D eigenvalue weighted by Crippen LogP contribution is -2.48. The fourth-order valence-corrected chi connectivity index (χ4v) is 4.12. The molecule has 1 aliphatic rings. The summed E-state index contributed by atoms with van der Waals surface area (Å²) in [4.78, 5) is 33.8. The highest BCUT2D eigenvalue weighted by molar-refractivity contribution is 6.02. The number of benzene rings is 2. The van der Waals surface area contributed by atoms with Gasteiger partial charge in [-0.3, -0.25) is 19.5 Å². The molecule has 0 unspecified atom stereocenters. The summed E-state index contributed by atoms with van der Waals surface area (Å²) in [6.07, 6.45) is 3.28. The lowest BCUT2D eigenvalue weighted by Gasteiger charge is -2.35. The topological polar surface area (TPSA) is 78.7 Å². The number of anilines is 1. The second-order valence-electron chi connectivity index (χ2n) is 8.07. The molecule has 2 amide bonds. The van der Waals surface area contributed by atoms with Crippen molar-refractivity contribution < 1.29 is 14.0 Å². The van der Waals surface area contributed by atoms with Crippen molar-refractivity contribution in [1.82, 2.24) is 14.8 Å². The van der Waals surface area contributed by atoms with Gasteiger partial charge in [-0.1, -0.05) is 24.3 Å². The van der Waals surface area contributed by atoms with E-state index in [1.54, 1.807) is 36.4 Å². The number of nitrogens with zero attached hydrogens (tertiary/aromatic N) is 3. The van der Waals surface area contributed by atoms with E-state index in [0.29, 0.717) is 24.3 Å². The summed E-state index contributed by atoms with van der Waals surface area (Å²) in [6, 6.07) is 20.5. The van der Waals surface area contributed by atoms with E-state index < -0.39 is 0 Å². The number of hydrogen-bond donors (Lipinski definition) is 1. The van der Waals surface area contributed by atoms with E-state index in [1.165, 1.54) is 11.8 Å². The molecule has 2 aromatic carbocycles. The van der Waals surface area contributed by atoms with E-state index in [2.05, 4.69) is 39.5 Å². The highest BCUT2D eigenvalue weighted by atomic mass is 16.3. The zero-order valence-electron chi connectivity index (χ0n) is 18.1. The van der Waals surface area contributed by atoms with Gasteiger partial charge < -0.3 is 14.6 Å². The molecule has 5 rings (SSSR count). The maximum Gasteiger partial charge on any atom is 0.291 e. The molecule has 7 nitrogen and oxygen atoms in total. The van der Waals surface area contributed by atoms with Crippen molar-refractivity contribution in [2.45, 2.75) is 6.54 Å². The predicted octanol–water partition coefficient (Wildman–Crippen LogP) is 4.04. The zero-order chi connectivity index (χ0) is 22.6. The first-order chi connectivity index (χ1) is 16.2. The zero-order valence-corrected chi connectivity index (χ0v) is 18.1. The number of rotatable bonds is 5. The number of pyridine rings is 1. The Hall–Kier alpha value is -3.97. The molecule has 33 heavy (non-hydrogen) atoms. The fraction of sp³-hybridized carbons (Fsp3) is 0.192. The van der Waals surface area contributed by atoms with E-state index >= 15 is 0 Å². The minimum absolute atomic E-state index is 0.00499. The van der Waals surface area contributed by atoms with Crippen molar-refractivity contribution in [3.05, 3.63) is 96.1 Å². The third-order valence-electron chi connectivity index (χ3n) is 5.90. The number of amides is 2. The second-order valence-corrected chi connectivity index (χ2v) is 8.07. The molecule has 2 aromatic heterocycles. The first kappa shape index (κ1) is 20.9. The summed E-state index contributed by atoms with van der Waals surface area (Å²) in [7, 11) is 0. The molecule has 1 aliphatic heterocycles. The number of carbonyl (C=O) groups excluding carboxylic acids is 2. The highest BCUT2D eigenvalue weighted by Gasteiger charge is 2.22. The van der Waals surface area contributed by atoms with E-state index in [-0.39, 0.29) is 17.6 Å². The SMILES string of the molecule is O=C(Nc1ccc(C(=O)N2CCN(Cc3cccc4cccnc34)CC2)cc1)c1ccco1. The molecule has 1 saturated heterocycles. The molecule has 4 aromatic rings. The van der Waals surface area contributed by atoms with Crippen LogP contribution in [0.2, 0.25) is 0 Å². The molecular formula is C26H24N4O3. The molecule has 0 saturated carbocycles. The molecule has 0 radical (unpaired) electrons. The van der Waals surface area contributed by atoms with Crippen molar-refractivity contribution >= 4 is 28.4 Å². The Bertz CT molecular complexity index is 1260. The average molecular weight is 441 g/mol. The summed E-state index contributed by atoms with van der Waals surface area (Å²) >= 11 is 0. The van der Waals surface area contributed by atoms with Crippen LogP contribution in [0.5, 0.6) is 0 Å². The van der Waals surface area contributed by atoms with Crippen LogP contribution in [0.4, 0.5) is 5.69 Å². The van der Waals surface area contributed by atoms with Gasteiger partial charge >= 0.3 is 0 Å². The smallest absolute Gasteiger partial charge is 0.291 e. The number of furan rings is 1. The second kappa shape index (κ2) is 9.26. The van der Waals surface area contributed by atoms with Crippen LogP contribution in [0.3, 0.4) is 0 Å². The summed E-state index contributed by atoms with van der Waals surface area (Å²) in [6.45, 7) is 3.79. The lowest BCUT2D eigenvalue weighted by molar-refractivity contribution is 0.0629. The quantitative estimate of drug-likeness (QED) is 0.507. The van der Waals surface area contributed by atoms with Gasteiger partial charge in [-0.25, -0.2) is 0 Å². The summed E-state index contributed by atoms with van der Waals surface area (Å²) in [5.74, 6) is -0.0747. The van der Waals surface area contributed by atoms with Crippen molar-refractivity contribution in [2.24, 2.45) is 0 Å². The van der Waals surface area contributed by atoms with Gasteiger partial charge in [0.05, 0.1) is 11.8 Å². The number of para-hydroxylation sites is 1. The van der Waals surface area contributed by atoms with Crippen LogP contribution >= 0.6 is 0 Å². The predicted molar refractivity (Wildman–Crippen MR) is 126 cm³/mol. The van der Waals surface area contributed by atoms with E-state index in [4.69, 9.17) is 4.42 Å². The molecule has 166 valence electrons. The van der Waals surface area contributed by atoms with Crippen LogP contribution in [0.1, 0.15) is 26.5 Å². The molecule has 0 aliphatic carbocycles. The van der Waals surface area contributed by atoms with Crippen molar-refractivity contribution in [3.63, 3.8) is 0 Å². The van der Waals surface area contributed by atoms with Gasteiger partial charge in [0.2, 0.25) is 0 Å². The normalized spacial score (nSPS) is 14.4. The Morgan fingerprint density at radius 2 is 1.70 bits per heavy atom. The number of fused-ring (bicyclic) bond motifs is 1. The van der Waals surface area contributed by atoms with Crippen molar-refractivity contribution in [1.29, 1.82) is 0 Å². The first-order valence-electron chi connectivity index (χ1n) is 11.0. The van der Waals surface area contributed by atoms with Gasteiger partial charge in [-0.2, -0.15) is 0 Å². The van der Waals surface area contributed by atoms with Crippen LogP contribution < -0.4 is 5.32 Å². The maximum atomic E-state index is 13.0. The Morgan fingerprint density at radius 1 is 0.909 bits per heavy atom. The number of nitrogens with one attached hydrogen (secondary N) is 1. The number of hydrogen-bond acceptors (Lipinski definition) is 5.